The molecule has 0 spiro atoms. The van der Waals surface area contributed by atoms with Crippen LogP contribution in [0.15, 0.2) is 27.4 Å². The summed E-state index contributed by atoms with van der Waals surface area (Å²) < 4.78 is 4.99. The zero-order chi connectivity index (χ0) is 13.4. The van der Waals surface area contributed by atoms with Crippen molar-refractivity contribution in [2.45, 2.75) is 12.1 Å². The summed E-state index contributed by atoms with van der Waals surface area (Å²) in [6.07, 6.45) is 0. The van der Waals surface area contributed by atoms with Crippen LogP contribution in [-0.4, -0.2) is 42.6 Å². The monoisotopic (exact) mass is 262 g/mol. The second-order valence-corrected chi connectivity index (χ2v) is 5.05. The van der Waals surface area contributed by atoms with Gasteiger partial charge in [0.15, 0.2) is 5.58 Å². The Morgan fingerprint density at radius 3 is 3.16 bits per heavy atom. The lowest BCUT2D eigenvalue weighted by molar-refractivity contribution is 0.174. The summed E-state index contributed by atoms with van der Waals surface area (Å²) in [4.78, 5) is 16.1. The summed E-state index contributed by atoms with van der Waals surface area (Å²) in [5.74, 6) is -0.433. The molecule has 2 atom stereocenters. The van der Waals surface area contributed by atoms with E-state index in [2.05, 4.69) is 22.2 Å². The smallest absolute Gasteiger partial charge is 0.408 e. The molecule has 102 valence electrons. The summed E-state index contributed by atoms with van der Waals surface area (Å²) in [6.45, 7) is 2.86. The van der Waals surface area contributed by atoms with Crippen LogP contribution in [0.25, 0.3) is 11.1 Å². The minimum absolute atomic E-state index is 0.0967. The van der Waals surface area contributed by atoms with Crippen LogP contribution in [0.4, 0.5) is 0 Å². The third kappa shape index (κ3) is 2.30. The molecule has 0 saturated carbocycles. The largest absolute Gasteiger partial charge is 0.417 e. The van der Waals surface area contributed by atoms with E-state index < -0.39 is 5.76 Å². The minimum Gasteiger partial charge on any atom is -0.408 e. The Bertz CT molecular complexity index is 633. The minimum atomic E-state index is -0.433. The molecule has 3 rings (SSSR count). The van der Waals surface area contributed by atoms with Gasteiger partial charge in [-0.1, -0.05) is 6.07 Å². The van der Waals surface area contributed by atoms with Gasteiger partial charge in [-0.15, -0.1) is 0 Å². The van der Waals surface area contributed by atoms with Gasteiger partial charge in [0.05, 0.1) is 5.52 Å². The van der Waals surface area contributed by atoms with Crippen LogP contribution < -0.4 is 16.8 Å². The van der Waals surface area contributed by atoms with Gasteiger partial charge >= 0.3 is 5.76 Å². The van der Waals surface area contributed by atoms with Crippen molar-refractivity contribution >= 4 is 11.1 Å². The highest BCUT2D eigenvalue weighted by Crippen LogP contribution is 2.22. The standard InChI is InChI=1S/C13H18N4O2/c1-17-5-4-15-7-10(17)12(14)8-2-3-11-9(6-8)16-13(18)19-11/h2-3,6,10,12,15H,4-5,7,14H2,1H3,(H,16,18). The maximum Gasteiger partial charge on any atom is 0.417 e. The molecule has 1 aromatic carbocycles. The third-order valence-electron chi connectivity index (χ3n) is 3.80. The van der Waals surface area contributed by atoms with Gasteiger partial charge in [-0.3, -0.25) is 9.88 Å². The average molecular weight is 262 g/mol. The molecule has 2 unspecified atom stereocenters. The molecule has 0 amide bonds. The molecule has 0 bridgehead atoms. The number of fused-ring (bicyclic) bond motifs is 1. The number of oxazole rings is 1. The van der Waals surface area contributed by atoms with Gasteiger partial charge < -0.3 is 15.5 Å². The van der Waals surface area contributed by atoms with Gasteiger partial charge in [-0.05, 0) is 24.7 Å². The normalized spacial score (nSPS) is 22.7. The van der Waals surface area contributed by atoms with E-state index >= 15 is 0 Å². The average Bonchev–Trinajstić information content (AvgIpc) is 2.77. The van der Waals surface area contributed by atoms with Gasteiger partial charge in [0, 0.05) is 31.7 Å². The number of nitrogens with zero attached hydrogens (tertiary/aromatic N) is 1. The van der Waals surface area contributed by atoms with Crippen LogP contribution in [0.1, 0.15) is 11.6 Å². The van der Waals surface area contributed by atoms with E-state index in [4.69, 9.17) is 10.2 Å². The van der Waals surface area contributed by atoms with E-state index in [9.17, 15) is 4.79 Å². The number of aromatic nitrogens is 1. The summed E-state index contributed by atoms with van der Waals surface area (Å²) in [5, 5.41) is 3.36. The molecule has 1 aliphatic rings. The molecule has 6 heteroatoms. The molecule has 0 aliphatic carbocycles. The van der Waals surface area contributed by atoms with Gasteiger partial charge in [0.2, 0.25) is 0 Å². The number of hydrogen-bond acceptors (Lipinski definition) is 5. The van der Waals surface area contributed by atoms with E-state index in [1.807, 2.05) is 12.1 Å². The summed E-state index contributed by atoms with van der Waals surface area (Å²) in [6, 6.07) is 5.77. The fourth-order valence-electron chi connectivity index (χ4n) is 2.63. The number of nitrogens with one attached hydrogen (secondary N) is 2. The van der Waals surface area contributed by atoms with E-state index in [1.165, 1.54) is 0 Å². The molecule has 2 aromatic rings. The number of hydrogen-bond donors (Lipinski definition) is 3. The first-order valence-electron chi connectivity index (χ1n) is 6.44. The van der Waals surface area contributed by atoms with Gasteiger partial charge in [0.1, 0.15) is 0 Å². The Morgan fingerprint density at radius 1 is 1.53 bits per heavy atom. The van der Waals surface area contributed by atoms with Crippen LogP contribution in [0, 0.1) is 0 Å². The first-order chi connectivity index (χ1) is 9.15. The fourth-order valence-corrected chi connectivity index (χ4v) is 2.63. The van der Waals surface area contributed by atoms with Crippen molar-refractivity contribution in [3.63, 3.8) is 0 Å². The molecule has 1 fully saturated rings. The highest BCUT2D eigenvalue weighted by atomic mass is 16.4. The van der Waals surface area contributed by atoms with Crippen molar-refractivity contribution in [2.75, 3.05) is 26.7 Å². The number of benzene rings is 1. The zero-order valence-electron chi connectivity index (χ0n) is 10.8. The molecular weight excluding hydrogens is 244 g/mol. The second kappa shape index (κ2) is 4.80. The van der Waals surface area contributed by atoms with Crippen LogP contribution in [0.5, 0.6) is 0 Å². The van der Waals surface area contributed by atoms with Crippen LogP contribution in [0.3, 0.4) is 0 Å². The fraction of sp³-hybridized carbons (Fsp3) is 0.462. The Balaban J connectivity index is 1.91. The molecular formula is C13H18N4O2. The van der Waals surface area contributed by atoms with Crippen LogP contribution in [-0.2, 0) is 0 Å². The highest BCUT2D eigenvalue weighted by Gasteiger charge is 2.26. The molecule has 1 saturated heterocycles. The Kier molecular flexibility index (Phi) is 3.14. The number of rotatable bonds is 2. The number of H-pyrrole nitrogens is 1. The first kappa shape index (κ1) is 12.4. The van der Waals surface area contributed by atoms with Gasteiger partial charge in [-0.2, -0.15) is 0 Å². The van der Waals surface area contributed by atoms with Crippen molar-refractivity contribution in [1.82, 2.24) is 15.2 Å². The Hall–Kier alpha value is -1.63. The van der Waals surface area contributed by atoms with Crippen molar-refractivity contribution < 1.29 is 4.42 Å². The molecule has 1 aromatic heterocycles. The number of likely N-dealkylation sites (N-methyl/N-ethyl adjacent to an activating group) is 1. The third-order valence-corrected chi connectivity index (χ3v) is 3.80. The zero-order valence-corrected chi connectivity index (χ0v) is 10.8. The lowest BCUT2D eigenvalue weighted by Gasteiger charge is -2.37. The maximum absolute atomic E-state index is 11.2. The first-order valence-corrected chi connectivity index (χ1v) is 6.44. The predicted octanol–water partition coefficient (Wildman–Crippen LogP) is 0.0245. The summed E-state index contributed by atoms with van der Waals surface area (Å²) >= 11 is 0. The molecule has 4 N–H and O–H groups in total. The quantitative estimate of drug-likeness (QED) is 0.710. The van der Waals surface area contributed by atoms with Crippen molar-refractivity contribution in [3.8, 4) is 0 Å². The highest BCUT2D eigenvalue weighted by molar-refractivity contribution is 5.73. The molecule has 2 heterocycles. The van der Waals surface area contributed by atoms with Crippen molar-refractivity contribution in [3.05, 3.63) is 34.3 Å². The van der Waals surface area contributed by atoms with Crippen LogP contribution in [0.2, 0.25) is 0 Å². The van der Waals surface area contributed by atoms with E-state index in [-0.39, 0.29) is 12.1 Å². The van der Waals surface area contributed by atoms with Crippen LogP contribution >= 0.6 is 0 Å². The molecule has 19 heavy (non-hydrogen) atoms. The maximum atomic E-state index is 11.2. The lowest BCUT2D eigenvalue weighted by Crippen LogP contribution is -2.53. The second-order valence-electron chi connectivity index (χ2n) is 5.05. The molecule has 1 aliphatic heterocycles. The van der Waals surface area contributed by atoms with E-state index in [1.54, 1.807) is 6.07 Å². The SMILES string of the molecule is CN1CCNCC1C(N)c1ccc2oc(=O)[nH]c2c1. The predicted molar refractivity (Wildman–Crippen MR) is 73.1 cm³/mol. The van der Waals surface area contributed by atoms with Gasteiger partial charge in [0.25, 0.3) is 0 Å². The Labute approximate surface area is 110 Å². The summed E-state index contributed by atoms with van der Waals surface area (Å²) in [5.41, 5.74) is 8.62. The van der Waals surface area contributed by atoms with Crippen molar-refractivity contribution in [1.29, 1.82) is 0 Å². The summed E-state index contributed by atoms with van der Waals surface area (Å²) in [7, 11) is 2.09. The number of piperazine rings is 1. The Morgan fingerprint density at radius 2 is 2.37 bits per heavy atom. The molecule has 6 nitrogen and oxygen atoms in total. The van der Waals surface area contributed by atoms with Gasteiger partial charge in [-0.25, -0.2) is 4.79 Å². The number of nitrogens with two attached hydrogens (primary N) is 1. The van der Waals surface area contributed by atoms with E-state index in [0.29, 0.717) is 11.1 Å². The van der Waals surface area contributed by atoms with E-state index in [0.717, 1.165) is 25.2 Å². The molecule has 0 radical (unpaired) electrons. The lowest BCUT2D eigenvalue weighted by atomic mass is 9.97. The number of aromatic amines is 1. The van der Waals surface area contributed by atoms with Crippen molar-refractivity contribution in [2.24, 2.45) is 5.73 Å². The topological polar surface area (TPSA) is 87.3 Å².